The number of para-hydroxylation sites is 1. The van der Waals surface area contributed by atoms with Crippen molar-refractivity contribution in [1.82, 2.24) is 0 Å². The zero-order valence-electron chi connectivity index (χ0n) is 12.4. The third kappa shape index (κ3) is 1.61. The number of carbonyl (C=O) groups is 1. The molecule has 0 radical (unpaired) electrons. The van der Waals surface area contributed by atoms with E-state index in [0.29, 0.717) is 16.8 Å². The van der Waals surface area contributed by atoms with Gasteiger partial charge in [0.1, 0.15) is 12.1 Å². The molecule has 6 heteroatoms. The highest BCUT2D eigenvalue weighted by Crippen LogP contribution is 2.55. The van der Waals surface area contributed by atoms with Gasteiger partial charge in [-0.15, -0.1) is 0 Å². The minimum absolute atomic E-state index is 0.427. The summed E-state index contributed by atoms with van der Waals surface area (Å²) in [5.41, 5.74) is -2.34. The number of fused-ring (bicyclic) bond motifs is 2. The number of rotatable bonds is 1. The molecule has 2 heterocycles. The third-order valence-electron chi connectivity index (χ3n) is 4.32. The molecule has 1 saturated heterocycles. The first-order valence-electron chi connectivity index (χ1n) is 7.31. The van der Waals surface area contributed by atoms with Crippen molar-refractivity contribution >= 4 is 11.6 Å². The smallest absolute Gasteiger partial charge is 0.286 e. The van der Waals surface area contributed by atoms with Gasteiger partial charge < -0.3 is 14.8 Å². The number of amides is 1. The molecular formula is C18H11N3O3. The fraction of sp³-hybridized carbons (Fsp3) is 0.167. The van der Waals surface area contributed by atoms with Crippen LogP contribution in [0.4, 0.5) is 5.69 Å². The lowest BCUT2D eigenvalue weighted by Gasteiger charge is -2.27. The van der Waals surface area contributed by atoms with Crippen LogP contribution in [0.25, 0.3) is 0 Å². The Morgan fingerprint density at radius 1 is 0.958 bits per heavy atom. The van der Waals surface area contributed by atoms with E-state index in [-0.39, 0.29) is 0 Å². The van der Waals surface area contributed by atoms with E-state index in [2.05, 4.69) is 5.32 Å². The summed E-state index contributed by atoms with van der Waals surface area (Å²) in [5, 5.41) is 22.1. The van der Waals surface area contributed by atoms with Gasteiger partial charge in [0.15, 0.2) is 6.29 Å². The second-order valence-corrected chi connectivity index (χ2v) is 5.56. The molecule has 2 aliphatic rings. The van der Waals surface area contributed by atoms with Gasteiger partial charge in [0, 0.05) is 16.8 Å². The monoisotopic (exact) mass is 317 g/mol. The van der Waals surface area contributed by atoms with Crippen molar-refractivity contribution < 1.29 is 14.3 Å². The van der Waals surface area contributed by atoms with Crippen molar-refractivity contribution in [3.63, 3.8) is 0 Å². The van der Waals surface area contributed by atoms with Gasteiger partial charge in [-0.25, -0.2) is 0 Å². The van der Waals surface area contributed by atoms with Crippen LogP contribution < -0.4 is 5.32 Å². The summed E-state index contributed by atoms with van der Waals surface area (Å²) >= 11 is 0. The van der Waals surface area contributed by atoms with E-state index in [9.17, 15) is 15.3 Å². The van der Waals surface area contributed by atoms with Gasteiger partial charge in [-0.3, -0.25) is 4.79 Å². The van der Waals surface area contributed by atoms with Crippen LogP contribution in [0.1, 0.15) is 17.4 Å². The van der Waals surface area contributed by atoms with Crippen LogP contribution in [0.5, 0.6) is 0 Å². The van der Waals surface area contributed by atoms with Gasteiger partial charge in [-0.2, -0.15) is 10.5 Å². The molecule has 2 atom stereocenters. The first kappa shape index (κ1) is 14.4. The molecule has 1 N–H and O–H groups in total. The summed E-state index contributed by atoms with van der Waals surface area (Å²) in [4.78, 5) is 12.7. The normalized spacial score (nSPS) is 26.4. The Morgan fingerprint density at radius 3 is 2.33 bits per heavy atom. The van der Waals surface area contributed by atoms with Gasteiger partial charge in [0.05, 0.1) is 0 Å². The number of nitriles is 2. The molecule has 0 unspecified atom stereocenters. The Labute approximate surface area is 137 Å². The van der Waals surface area contributed by atoms with Crippen LogP contribution in [0.2, 0.25) is 0 Å². The average molecular weight is 317 g/mol. The maximum Gasteiger partial charge on any atom is 0.286 e. The summed E-state index contributed by atoms with van der Waals surface area (Å²) in [7, 11) is 0. The maximum atomic E-state index is 12.7. The number of anilines is 1. The number of carbonyl (C=O) groups excluding carboxylic acids is 1. The van der Waals surface area contributed by atoms with Crippen molar-refractivity contribution in [2.75, 3.05) is 5.32 Å². The Morgan fingerprint density at radius 2 is 1.62 bits per heavy atom. The highest BCUT2D eigenvalue weighted by atomic mass is 16.8. The lowest BCUT2D eigenvalue weighted by atomic mass is 9.80. The van der Waals surface area contributed by atoms with Crippen LogP contribution >= 0.6 is 0 Å². The zero-order chi connectivity index (χ0) is 16.8. The van der Waals surface area contributed by atoms with Crippen molar-refractivity contribution in [1.29, 1.82) is 10.5 Å². The lowest BCUT2D eigenvalue weighted by Crippen LogP contribution is -2.52. The van der Waals surface area contributed by atoms with Gasteiger partial charge in [0.25, 0.3) is 11.5 Å². The topological polar surface area (TPSA) is 95.1 Å². The molecule has 0 aromatic heterocycles. The van der Waals surface area contributed by atoms with Crippen LogP contribution in [-0.4, -0.2) is 11.5 Å². The molecule has 1 spiro atoms. The first-order valence-corrected chi connectivity index (χ1v) is 7.31. The molecule has 6 nitrogen and oxygen atoms in total. The van der Waals surface area contributed by atoms with Crippen LogP contribution in [-0.2, 0) is 19.9 Å². The maximum absolute atomic E-state index is 12.7. The summed E-state index contributed by atoms with van der Waals surface area (Å²) < 4.78 is 11.6. The highest BCUT2D eigenvalue weighted by Gasteiger charge is 2.71. The molecule has 1 fully saturated rings. The predicted octanol–water partition coefficient (Wildman–Crippen LogP) is 2.37. The summed E-state index contributed by atoms with van der Waals surface area (Å²) in [6, 6.07) is 19.5. The molecule has 24 heavy (non-hydrogen) atoms. The standard InChI is InChI=1S/C18H11N3O3/c19-10-17(11-20)18(13-8-4-5-9-14(13)21-16(18)22)24-15(23-17)12-6-2-1-3-7-12/h1-9,15H,(H,21,22)/t15-,18+/m1/s1. The number of benzene rings is 2. The van der Waals surface area contributed by atoms with E-state index < -0.39 is 23.4 Å². The highest BCUT2D eigenvalue weighted by molar-refractivity contribution is 6.07. The van der Waals surface area contributed by atoms with Crippen LogP contribution in [0, 0.1) is 22.7 Å². The largest absolute Gasteiger partial charge is 0.323 e. The number of hydrogen-bond acceptors (Lipinski definition) is 5. The Kier molecular flexibility index (Phi) is 2.94. The van der Waals surface area contributed by atoms with Crippen molar-refractivity contribution in [3.8, 4) is 12.1 Å². The Balaban J connectivity index is 1.93. The molecule has 4 rings (SSSR count). The van der Waals surface area contributed by atoms with E-state index in [4.69, 9.17) is 9.47 Å². The van der Waals surface area contributed by atoms with E-state index in [0.717, 1.165) is 0 Å². The van der Waals surface area contributed by atoms with E-state index in [1.807, 2.05) is 18.2 Å². The second kappa shape index (κ2) is 4.90. The average Bonchev–Trinajstić information content (AvgIpc) is 3.13. The summed E-state index contributed by atoms with van der Waals surface area (Å²) in [6.07, 6.45) is -0.998. The molecule has 2 aromatic rings. The number of ether oxygens (including phenoxy) is 2. The molecular weight excluding hydrogens is 306 g/mol. The quantitative estimate of drug-likeness (QED) is 0.871. The van der Waals surface area contributed by atoms with Gasteiger partial charge >= 0.3 is 0 Å². The summed E-state index contributed by atoms with van der Waals surface area (Å²) in [5.74, 6) is -0.578. The molecule has 1 amide bonds. The molecule has 0 bridgehead atoms. The summed E-state index contributed by atoms with van der Waals surface area (Å²) in [6.45, 7) is 0. The van der Waals surface area contributed by atoms with E-state index >= 15 is 0 Å². The van der Waals surface area contributed by atoms with Gasteiger partial charge in [0.2, 0.25) is 5.60 Å². The van der Waals surface area contributed by atoms with Crippen LogP contribution in [0.3, 0.4) is 0 Å². The lowest BCUT2D eigenvalue weighted by molar-refractivity contribution is -0.143. The second-order valence-electron chi connectivity index (χ2n) is 5.56. The SMILES string of the molecule is N#CC1(C#N)O[C@@H](c2ccccc2)O[C@@]12C(=O)Nc1ccccc12. The molecule has 2 aromatic carbocycles. The fourth-order valence-electron chi connectivity index (χ4n) is 3.19. The fourth-order valence-corrected chi connectivity index (χ4v) is 3.19. The van der Waals surface area contributed by atoms with Crippen molar-refractivity contribution in [2.45, 2.75) is 17.5 Å². The van der Waals surface area contributed by atoms with Crippen LogP contribution in [0.15, 0.2) is 54.6 Å². The minimum atomic E-state index is -2.08. The molecule has 116 valence electrons. The predicted molar refractivity (Wildman–Crippen MR) is 82.1 cm³/mol. The molecule has 0 aliphatic carbocycles. The zero-order valence-corrected chi connectivity index (χ0v) is 12.4. The van der Waals surface area contributed by atoms with Crippen molar-refractivity contribution in [3.05, 3.63) is 65.7 Å². The first-order chi connectivity index (χ1) is 11.7. The number of hydrogen-bond donors (Lipinski definition) is 1. The molecule has 0 saturated carbocycles. The number of nitrogens with one attached hydrogen (secondary N) is 1. The minimum Gasteiger partial charge on any atom is -0.323 e. The van der Waals surface area contributed by atoms with E-state index in [1.54, 1.807) is 48.5 Å². The number of nitrogens with zero attached hydrogens (tertiary/aromatic N) is 2. The van der Waals surface area contributed by atoms with E-state index in [1.165, 1.54) is 0 Å². The molecule has 2 aliphatic heterocycles. The van der Waals surface area contributed by atoms with Gasteiger partial charge in [-0.05, 0) is 6.07 Å². The Hall–Kier alpha value is -3.19. The van der Waals surface area contributed by atoms with Crippen molar-refractivity contribution in [2.24, 2.45) is 0 Å². The Bertz CT molecular complexity index is 899. The van der Waals surface area contributed by atoms with Gasteiger partial charge in [-0.1, -0.05) is 48.5 Å². The third-order valence-corrected chi connectivity index (χ3v) is 4.32.